The fourth-order valence-electron chi connectivity index (χ4n) is 2.99. The number of benzene rings is 1. The Bertz CT molecular complexity index is 727. The van der Waals surface area contributed by atoms with E-state index in [0.717, 1.165) is 56.1 Å². The topological polar surface area (TPSA) is 59.1 Å². The maximum atomic E-state index is 12.8. The molecule has 0 N–H and O–H groups in total. The van der Waals surface area contributed by atoms with E-state index in [1.807, 2.05) is 18.2 Å². The molecule has 7 heteroatoms. The molecule has 1 saturated heterocycles. The van der Waals surface area contributed by atoms with Crippen molar-refractivity contribution in [2.24, 2.45) is 0 Å². The number of fused-ring (bicyclic) bond motifs is 1. The van der Waals surface area contributed by atoms with Crippen LogP contribution < -0.4 is 9.47 Å². The Kier molecular flexibility index (Phi) is 6.79. The minimum Gasteiger partial charge on any atom is -0.454 e. The molecule has 6 nitrogen and oxygen atoms in total. The van der Waals surface area contributed by atoms with E-state index >= 15 is 0 Å². The molecule has 2 aliphatic rings. The number of nitrogens with zero attached hydrogens (tertiary/aromatic N) is 2. The largest absolute Gasteiger partial charge is 0.454 e. The molecule has 27 heavy (non-hydrogen) atoms. The fourth-order valence-corrected chi connectivity index (χ4v) is 3.82. The minimum atomic E-state index is -0.222. The Hall–Kier alpha value is -1.99. The number of carbonyl (C=O) groups excluding carboxylic acids is 2. The molecule has 0 radical (unpaired) electrons. The van der Waals surface area contributed by atoms with Crippen LogP contribution in [0.25, 0.3) is 6.08 Å². The van der Waals surface area contributed by atoms with Crippen LogP contribution in [0.1, 0.15) is 45.1 Å². The van der Waals surface area contributed by atoms with Gasteiger partial charge < -0.3 is 9.47 Å². The van der Waals surface area contributed by atoms with Gasteiger partial charge in [0.2, 0.25) is 6.79 Å². The number of rotatable bonds is 9. The first-order valence-electron chi connectivity index (χ1n) is 9.49. The van der Waals surface area contributed by atoms with Gasteiger partial charge in [-0.1, -0.05) is 32.8 Å². The predicted molar refractivity (Wildman–Crippen MR) is 107 cm³/mol. The Morgan fingerprint density at radius 3 is 2.52 bits per heavy atom. The normalized spacial score (nSPS) is 17.6. The molecule has 0 spiro atoms. The van der Waals surface area contributed by atoms with E-state index in [0.29, 0.717) is 23.1 Å². The van der Waals surface area contributed by atoms with Crippen LogP contribution in [0.5, 0.6) is 11.5 Å². The van der Waals surface area contributed by atoms with Gasteiger partial charge in [0.1, 0.15) is 0 Å². The van der Waals surface area contributed by atoms with Crippen molar-refractivity contribution in [1.29, 1.82) is 0 Å². The van der Waals surface area contributed by atoms with Crippen LogP contribution in [0.3, 0.4) is 0 Å². The SMILES string of the molecule is CCCCN(CCCC)CN1C(=O)S/C(=C/c2ccc3c(c2)OCO3)C1=O. The van der Waals surface area contributed by atoms with Gasteiger partial charge in [-0.05, 0) is 61.5 Å². The molecule has 2 aliphatic heterocycles. The standard InChI is InChI=1S/C20H26N2O4S/c1-3-5-9-21(10-6-4-2)13-22-19(23)18(27-20(22)24)12-15-7-8-16-17(11-15)26-14-25-16/h7-8,11-12H,3-6,9-10,13-14H2,1-2H3/b18-12+. The maximum Gasteiger partial charge on any atom is 0.294 e. The van der Waals surface area contributed by atoms with Crippen LogP contribution in [0.4, 0.5) is 4.79 Å². The smallest absolute Gasteiger partial charge is 0.294 e. The third-order valence-electron chi connectivity index (χ3n) is 4.57. The Balaban J connectivity index is 1.70. The minimum absolute atomic E-state index is 0.204. The van der Waals surface area contributed by atoms with Crippen LogP contribution >= 0.6 is 11.8 Å². The van der Waals surface area contributed by atoms with Crippen molar-refractivity contribution >= 4 is 29.0 Å². The summed E-state index contributed by atoms with van der Waals surface area (Å²) in [4.78, 5) is 29.2. The molecule has 0 unspecified atom stereocenters. The molecule has 0 bridgehead atoms. The lowest BCUT2D eigenvalue weighted by Crippen LogP contribution is -2.41. The number of carbonyl (C=O) groups is 2. The summed E-state index contributed by atoms with van der Waals surface area (Å²) >= 11 is 0.999. The van der Waals surface area contributed by atoms with E-state index in [9.17, 15) is 9.59 Å². The summed E-state index contributed by atoms with van der Waals surface area (Å²) in [7, 11) is 0. The zero-order valence-corrected chi connectivity index (χ0v) is 16.7. The summed E-state index contributed by atoms with van der Waals surface area (Å²) in [5.41, 5.74) is 0.818. The van der Waals surface area contributed by atoms with Crippen molar-refractivity contribution in [3.05, 3.63) is 28.7 Å². The summed E-state index contributed by atoms with van der Waals surface area (Å²) in [6, 6.07) is 5.50. The molecular formula is C20H26N2O4S. The summed E-state index contributed by atoms with van der Waals surface area (Å²) in [5, 5.41) is -0.204. The van der Waals surface area contributed by atoms with Crippen molar-refractivity contribution in [2.75, 3.05) is 26.6 Å². The molecule has 0 aromatic heterocycles. The van der Waals surface area contributed by atoms with Crippen LogP contribution in [0, 0.1) is 0 Å². The lowest BCUT2D eigenvalue weighted by Gasteiger charge is -2.26. The number of amides is 2. The second-order valence-electron chi connectivity index (χ2n) is 6.69. The molecule has 2 amide bonds. The Labute approximate surface area is 164 Å². The van der Waals surface area contributed by atoms with E-state index in [2.05, 4.69) is 18.7 Å². The fraction of sp³-hybridized carbons (Fsp3) is 0.500. The molecule has 0 aliphatic carbocycles. The second-order valence-corrected chi connectivity index (χ2v) is 7.68. The molecule has 1 fully saturated rings. The third-order valence-corrected chi connectivity index (χ3v) is 5.47. The van der Waals surface area contributed by atoms with Gasteiger partial charge in [-0.25, -0.2) is 0 Å². The van der Waals surface area contributed by atoms with Crippen LogP contribution in [0.2, 0.25) is 0 Å². The first-order valence-corrected chi connectivity index (χ1v) is 10.3. The van der Waals surface area contributed by atoms with Gasteiger partial charge in [0.25, 0.3) is 11.1 Å². The zero-order chi connectivity index (χ0) is 19.2. The highest BCUT2D eigenvalue weighted by Crippen LogP contribution is 2.36. The summed E-state index contributed by atoms with van der Waals surface area (Å²) in [6.07, 6.45) is 6.05. The van der Waals surface area contributed by atoms with Gasteiger partial charge in [0, 0.05) is 0 Å². The summed E-state index contributed by atoms with van der Waals surface area (Å²) < 4.78 is 10.7. The second kappa shape index (κ2) is 9.28. The highest BCUT2D eigenvalue weighted by Gasteiger charge is 2.36. The van der Waals surface area contributed by atoms with E-state index in [-0.39, 0.29) is 17.9 Å². The monoisotopic (exact) mass is 390 g/mol. The van der Waals surface area contributed by atoms with E-state index < -0.39 is 0 Å². The molecule has 3 rings (SSSR count). The number of hydrogen-bond donors (Lipinski definition) is 0. The first-order chi connectivity index (χ1) is 13.1. The maximum absolute atomic E-state index is 12.8. The predicted octanol–water partition coefficient (Wildman–Crippen LogP) is 4.31. The number of imide groups is 1. The van der Waals surface area contributed by atoms with Crippen molar-refractivity contribution < 1.29 is 19.1 Å². The number of hydrogen-bond acceptors (Lipinski definition) is 6. The van der Waals surface area contributed by atoms with Crippen LogP contribution in [-0.4, -0.2) is 47.5 Å². The van der Waals surface area contributed by atoms with Gasteiger partial charge in [-0.3, -0.25) is 19.4 Å². The molecule has 146 valence electrons. The van der Waals surface area contributed by atoms with E-state index in [1.54, 1.807) is 6.08 Å². The zero-order valence-electron chi connectivity index (χ0n) is 15.9. The highest BCUT2D eigenvalue weighted by molar-refractivity contribution is 8.18. The van der Waals surface area contributed by atoms with Gasteiger partial charge in [-0.2, -0.15) is 0 Å². The molecule has 0 atom stereocenters. The Morgan fingerprint density at radius 1 is 1.11 bits per heavy atom. The van der Waals surface area contributed by atoms with Crippen molar-refractivity contribution in [3.8, 4) is 11.5 Å². The number of thioether (sulfide) groups is 1. The molecule has 0 saturated carbocycles. The molecule has 1 aromatic rings. The van der Waals surface area contributed by atoms with Gasteiger partial charge in [0.05, 0.1) is 11.6 Å². The lowest BCUT2D eigenvalue weighted by molar-refractivity contribution is -0.124. The molecule has 1 aromatic carbocycles. The van der Waals surface area contributed by atoms with Gasteiger partial charge >= 0.3 is 0 Å². The Morgan fingerprint density at radius 2 is 1.81 bits per heavy atom. The highest BCUT2D eigenvalue weighted by atomic mass is 32.2. The van der Waals surface area contributed by atoms with Crippen molar-refractivity contribution in [2.45, 2.75) is 39.5 Å². The first kappa shape index (κ1) is 19.8. The summed E-state index contributed by atoms with van der Waals surface area (Å²) in [6.45, 7) is 6.67. The third kappa shape index (κ3) is 4.84. The lowest BCUT2D eigenvalue weighted by atomic mass is 10.2. The van der Waals surface area contributed by atoms with E-state index in [1.165, 1.54) is 4.90 Å². The number of ether oxygens (including phenoxy) is 2. The average Bonchev–Trinajstić information content (AvgIpc) is 3.23. The molecular weight excluding hydrogens is 364 g/mol. The van der Waals surface area contributed by atoms with Crippen molar-refractivity contribution in [1.82, 2.24) is 9.80 Å². The summed E-state index contributed by atoms with van der Waals surface area (Å²) in [5.74, 6) is 1.14. The van der Waals surface area contributed by atoms with Gasteiger partial charge in [-0.15, -0.1) is 0 Å². The number of unbranched alkanes of at least 4 members (excludes halogenated alkanes) is 2. The molecule has 2 heterocycles. The van der Waals surface area contributed by atoms with Crippen LogP contribution in [0.15, 0.2) is 23.1 Å². The van der Waals surface area contributed by atoms with Gasteiger partial charge in [0.15, 0.2) is 11.5 Å². The van der Waals surface area contributed by atoms with Crippen molar-refractivity contribution in [3.63, 3.8) is 0 Å². The van der Waals surface area contributed by atoms with E-state index in [4.69, 9.17) is 9.47 Å². The average molecular weight is 391 g/mol. The quantitative estimate of drug-likeness (QED) is 0.586. The van der Waals surface area contributed by atoms with Crippen LogP contribution in [-0.2, 0) is 4.79 Å².